The van der Waals surface area contributed by atoms with Gasteiger partial charge in [-0.05, 0) is 33.8 Å². The maximum Gasteiger partial charge on any atom is 0.320 e. The molecule has 0 spiro atoms. The van der Waals surface area contributed by atoms with E-state index >= 15 is 0 Å². The fourth-order valence-electron chi connectivity index (χ4n) is 1.90. The van der Waals surface area contributed by atoms with Gasteiger partial charge in [-0.15, -0.1) is 0 Å². The second kappa shape index (κ2) is 7.31. The van der Waals surface area contributed by atoms with Crippen LogP contribution in [0.3, 0.4) is 0 Å². The number of hydrogen-bond donors (Lipinski definition) is 1. The van der Waals surface area contributed by atoms with Crippen molar-refractivity contribution in [3.8, 4) is 11.5 Å². The molecule has 0 amide bonds. The van der Waals surface area contributed by atoms with Crippen LogP contribution >= 0.6 is 0 Å². The Morgan fingerprint density at radius 1 is 1.24 bits per heavy atom. The lowest BCUT2D eigenvalue weighted by Gasteiger charge is -2.21. The van der Waals surface area contributed by atoms with Gasteiger partial charge < -0.3 is 19.5 Å². The Labute approximate surface area is 126 Å². The van der Waals surface area contributed by atoms with Crippen LogP contribution in [-0.4, -0.2) is 32.3 Å². The van der Waals surface area contributed by atoms with E-state index in [4.69, 9.17) is 14.2 Å². The molecule has 0 aliphatic rings. The zero-order valence-corrected chi connectivity index (χ0v) is 13.6. The first-order valence-corrected chi connectivity index (χ1v) is 6.94. The van der Waals surface area contributed by atoms with E-state index in [0.717, 1.165) is 17.1 Å². The first kappa shape index (κ1) is 17.3. The van der Waals surface area contributed by atoms with Crippen molar-refractivity contribution in [3.05, 3.63) is 23.8 Å². The quantitative estimate of drug-likeness (QED) is 0.818. The number of nitrogens with one attached hydrogen (secondary N) is 1. The Hall–Kier alpha value is -1.75. The van der Waals surface area contributed by atoms with E-state index in [1.54, 1.807) is 14.2 Å². The van der Waals surface area contributed by atoms with Crippen molar-refractivity contribution >= 4 is 5.97 Å². The molecule has 0 aromatic heterocycles. The Morgan fingerprint density at radius 2 is 1.90 bits per heavy atom. The number of methoxy groups -OCH3 is 2. The second-order valence-corrected chi connectivity index (χ2v) is 5.80. The molecule has 1 N–H and O–H groups in total. The molecule has 1 unspecified atom stereocenters. The van der Waals surface area contributed by atoms with Crippen LogP contribution in [-0.2, 0) is 9.53 Å². The van der Waals surface area contributed by atoms with E-state index in [-0.39, 0.29) is 18.6 Å². The molecule has 0 aliphatic carbocycles. The molecular weight excluding hydrogens is 270 g/mol. The number of benzene rings is 1. The van der Waals surface area contributed by atoms with Crippen molar-refractivity contribution in [2.45, 2.75) is 39.3 Å². The van der Waals surface area contributed by atoms with E-state index in [1.165, 1.54) is 0 Å². The van der Waals surface area contributed by atoms with Crippen LogP contribution in [0, 0.1) is 0 Å². The molecule has 0 aliphatic heterocycles. The number of rotatable bonds is 6. The van der Waals surface area contributed by atoms with Gasteiger partial charge in [-0.2, -0.15) is 0 Å². The molecule has 0 saturated carbocycles. The zero-order valence-electron chi connectivity index (χ0n) is 13.6. The monoisotopic (exact) mass is 295 g/mol. The van der Waals surface area contributed by atoms with Crippen LogP contribution in [0.15, 0.2) is 18.2 Å². The van der Waals surface area contributed by atoms with E-state index in [0.29, 0.717) is 0 Å². The van der Waals surface area contributed by atoms with Gasteiger partial charge in [0.25, 0.3) is 0 Å². The van der Waals surface area contributed by atoms with Gasteiger partial charge in [-0.1, -0.05) is 6.07 Å². The fourth-order valence-corrected chi connectivity index (χ4v) is 1.90. The van der Waals surface area contributed by atoms with Crippen molar-refractivity contribution in [2.75, 3.05) is 20.8 Å². The summed E-state index contributed by atoms with van der Waals surface area (Å²) < 4.78 is 15.8. The molecule has 5 nitrogen and oxygen atoms in total. The molecule has 1 rings (SSSR count). The number of ether oxygens (including phenoxy) is 3. The third kappa shape index (κ3) is 5.63. The van der Waals surface area contributed by atoms with Crippen LogP contribution in [0.1, 0.15) is 39.3 Å². The molecule has 0 radical (unpaired) electrons. The van der Waals surface area contributed by atoms with Gasteiger partial charge in [0.15, 0.2) is 0 Å². The Morgan fingerprint density at radius 3 is 2.43 bits per heavy atom. The maximum atomic E-state index is 11.7. The maximum absolute atomic E-state index is 11.7. The minimum atomic E-state index is -0.472. The summed E-state index contributed by atoms with van der Waals surface area (Å²) in [5.41, 5.74) is 0.488. The molecule has 0 saturated heterocycles. The summed E-state index contributed by atoms with van der Waals surface area (Å²) >= 11 is 0. The predicted octanol–water partition coefficient (Wildman–Crippen LogP) is 2.70. The Bertz CT molecular complexity index is 480. The lowest BCUT2D eigenvalue weighted by molar-refractivity contribution is -0.153. The van der Waals surface area contributed by atoms with Gasteiger partial charge in [0.05, 0.1) is 20.8 Å². The molecule has 118 valence electrons. The number of esters is 1. The smallest absolute Gasteiger partial charge is 0.320 e. The summed E-state index contributed by atoms with van der Waals surface area (Å²) in [6.07, 6.45) is 0. The average Bonchev–Trinajstić information content (AvgIpc) is 2.42. The van der Waals surface area contributed by atoms with Crippen LogP contribution in [0.25, 0.3) is 0 Å². The molecule has 0 heterocycles. The summed E-state index contributed by atoms with van der Waals surface area (Å²) in [6, 6.07) is 5.56. The average molecular weight is 295 g/mol. The van der Waals surface area contributed by atoms with E-state index < -0.39 is 5.60 Å². The molecule has 0 fully saturated rings. The lowest BCUT2D eigenvalue weighted by atomic mass is 10.1. The van der Waals surface area contributed by atoms with Gasteiger partial charge in [0.2, 0.25) is 0 Å². The first-order chi connectivity index (χ1) is 9.76. The second-order valence-electron chi connectivity index (χ2n) is 5.80. The normalized spacial score (nSPS) is 12.7. The molecular formula is C16H25NO4. The SMILES string of the molecule is COc1ccc(C(C)NCC(=O)OC(C)(C)C)c(OC)c1. The molecule has 21 heavy (non-hydrogen) atoms. The largest absolute Gasteiger partial charge is 0.497 e. The summed E-state index contributed by atoms with van der Waals surface area (Å²) in [6.45, 7) is 7.66. The van der Waals surface area contributed by atoms with E-state index in [2.05, 4.69) is 5.32 Å². The van der Waals surface area contributed by atoms with Gasteiger partial charge in [-0.3, -0.25) is 4.79 Å². The highest BCUT2D eigenvalue weighted by molar-refractivity contribution is 5.72. The van der Waals surface area contributed by atoms with Crippen LogP contribution in [0.2, 0.25) is 0 Å². The summed E-state index contributed by atoms with van der Waals surface area (Å²) in [5, 5.41) is 3.14. The van der Waals surface area contributed by atoms with Gasteiger partial charge in [0, 0.05) is 17.7 Å². The molecule has 1 aromatic carbocycles. The van der Waals surface area contributed by atoms with Gasteiger partial charge in [0.1, 0.15) is 17.1 Å². The summed E-state index contributed by atoms with van der Waals surface area (Å²) in [7, 11) is 3.22. The van der Waals surface area contributed by atoms with E-state index in [1.807, 2.05) is 45.9 Å². The summed E-state index contributed by atoms with van der Waals surface area (Å²) in [5.74, 6) is 1.18. The number of carbonyl (C=O) groups excluding carboxylic acids is 1. The van der Waals surface area contributed by atoms with Crippen molar-refractivity contribution < 1.29 is 19.0 Å². The standard InChI is InChI=1S/C16H25NO4/c1-11(17-10-15(18)21-16(2,3)4)13-8-7-12(19-5)9-14(13)20-6/h7-9,11,17H,10H2,1-6H3. The van der Waals surface area contributed by atoms with Crippen molar-refractivity contribution in [3.63, 3.8) is 0 Å². The minimum Gasteiger partial charge on any atom is -0.497 e. The van der Waals surface area contributed by atoms with Crippen LogP contribution in [0.4, 0.5) is 0 Å². The van der Waals surface area contributed by atoms with Crippen molar-refractivity contribution in [2.24, 2.45) is 0 Å². The fraction of sp³-hybridized carbons (Fsp3) is 0.562. The third-order valence-corrected chi connectivity index (χ3v) is 2.88. The van der Waals surface area contributed by atoms with E-state index in [9.17, 15) is 4.79 Å². The number of hydrogen-bond acceptors (Lipinski definition) is 5. The molecule has 1 atom stereocenters. The highest BCUT2D eigenvalue weighted by atomic mass is 16.6. The van der Waals surface area contributed by atoms with Crippen LogP contribution < -0.4 is 14.8 Å². The third-order valence-electron chi connectivity index (χ3n) is 2.88. The number of carbonyl (C=O) groups is 1. The molecule has 1 aromatic rings. The Kier molecular flexibility index (Phi) is 6.03. The minimum absolute atomic E-state index is 0.0432. The van der Waals surface area contributed by atoms with Crippen molar-refractivity contribution in [1.29, 1.82) is 0 Å². The van der Waals surface area contributed by atoms with Gasteiger partial charge >= 0.3 is 5.97 Å². The predicted molar refractivity (Wildman–Crippen MR) is 81.8 cm³/mol. The summed E-state index contributed by atoms with van der Waals surface area (Å²) in [4.78, 5) is 11.7. The topological polar surface area (TPSA) is 56.8 Å². The zero-order chi connectivity index (χ0) is 16.0. The van der Waals surface area contributed by atoms with Crippen molar-refractivity contribution in [1.82, 2.24) is 5.32 Å². The highest BCUT2D eigenvalue weighted by Crippen LogP contribution is 2.29. The van der Waals surface area contributed by atoms with Crippen LogP contribution in [0.5, 0.6) is 11.5 Å². The lowest BCUT2D eigenvalue weighted by Crippen LogP contribution is -2.32. The first-order valence-electron chi connectivity index (χ1n) is 6.94. The molecule has 5 heteroatoms. The highest BCUT2D eigenvalue weighted by Gasteiger charge is 2.18. The molecule has 0 bridgehead atoms. The van der Waals surface area contributed by atoms with Gasteiger partial charge in [-0.25, -0.2) is 0 Å². The Balaban J connectivity index is 2.67.